The van der Waals surface area contributed by atoms with Crippen LogP contribution in [0.15, 0.2) is 21.8 Å². The van der Waals surface area contributed by atoms with Crippen molar-refractivity contribution in [2.24, 2.45) is 10.4 Å². The zero-order chi connectivity index (χ0) is 16.6. The van der Waals surface area contributed by atoms with Gasteiger partial charge in [0.15, 0.2) is 5.96 Å². The molecule has 0 aliphatic heterocycles. The Morgan fingerprint density at radius 1 is 1.36 bits per heavy atom. The van der Waals surface area contributed by atoms with Gasteiger partial charge in [0.25, 0.3) is 0 Å². The second kappa shape index (κ2) is 8.78. The predicted molar refractivity (Wildman–Crippen MR) is 94.6 cm³/mol. The molecule has 0 radical (unpaired) electrons. The molecule has 0 saturated carbocycles. The van der Waals surface area contributed by atoms with Gasteiger partial charge >= 0.3 is 0 Å². The fourth-order valence-corrected chi connectivity index (χ4v) is 2.71. The summed E-state index contributed by atoms with van der Waals surface area (Å²) < 4.78 is 0. The van der Waals surface area contributed by atoms with Gasteiger partial charge in [0, 0.05) is 26.7 Å². The molecule has 1 atom stereocenters. The third-order valence-corrected chi connectivity index (χ3v) is 4.26. The van der Waals surface area contributed by atoms with Gasteiger partial charge in [-0.2, -0.15) is 11.3 Å². The first-order valence-electron chi connectivity index (χ1n) is 7.65. The molecule has 22 heavy (non-hydrogen) atoms. The van der Waals surface area contributed by atoms with E-state index in [1.54, 1.807) is 18.4 Å². The lowest BCUT2D eigenvalue weighted by atomic mass is 9.92. The first kappa shape index (κ1) is 18.5. The van der Waals surface area contributed by atoms with Crippen molar-refractivity contribution in [2.45, 2.75) is 33.6 Å². The number of nitrogens with zero attached hydrogens (tertiary/aromatic N) is 1. The molecule has 6 heteroatoms. The summed E-state index contributed by atoms with van der Waals surface area (Å²) in [5, 5.41) is 13.7. The molecule has 0 aliphatic carbocycles. The second-order valence-corrected chi connectivity index (χ2v) is 6.79. The predicted octanol–water partition coefficient (Wildman–Crippen LogP) is 2.18. The molecular formula is C16H28N4OS. The number of hydrogen-bond acceptors (Lipinski definition) is 3. The average molecular weight is 324 g/mol. The SMILES string of the molecule is CCNC(=O)C(C)(C)CNC(=NC)NCC(C)c1ccsc1. The van der Waals surface area contributed by atoms with Crippen molar-refractivity contribution >= 4 is 23.2 Å². The number of hydrogen-bond donors (Lipinski definition) is 3. The number of carbonyl (C=O) groups excluding carboxylic acids is 1. The molecule has 0 spiro atoms. The van der Waals surface area contributed by atoms with Crippen LogP contribution in [-0.2, 0) is 4.79 Å². The summed E-state index contributed by atoms with van der Waals surface area (Å²) in [6, 6.07) is 2.14. The van der Waals surface area contributed by atoms with Crippen molar-refractivity contribution in [3.8, 4) is 0 Å². The number of carbonyl (C=O) groups is 1. The topological polar surface area (TPSA) is 65.5 Å². The van der Waals surface area contributed by atoms with Crippen LogP contribution in [0.25, 0.3) is 0 Å². The maximum absolute atomic E-state index is 12.0. The van der Waals surface area contributed by atoms with Gasteiger partial charge in [-0.3, -0.25) is 9.79 Å². The Labute approximate surface area is 137 Å². The number of thiophene rings is 1. The van der Waals surface area contributed by atoms with Gasteiger partial charge in [-0.25, -0.2) is 0 Å². The summed E-state index contributed by atoms with van der Waals surface area (Å²) in [7, 11) is 1.74. The summed E-state index contributed by atoms with van der Waals surface area (Å²) in [4.78, 5) is 16.2. The van der Waals surface area contributed by atoms with Crippen LogP contribution in [-0.4, -0.2) is 38.5 Å². The van der Waals surface area contributed by atoms with E-state index in [4.69, 9.17) is 0 Å². The minimum atomic E-state index is -0.480. The Hall–Kier alpha value is -1.56. The van der Waals surface area contributed by atoms with E-state index in [9.17, 15) is 4.79 Å². The molecule has 0 bridgehead atoms. The van der Waals surface area contributed by atoms with E-state index in [-0.39, 0.29) is 5.91 Å². The number of aliphatic imine (C=N–C) groups is 1. The fourth-order valence-electron chi connectivity index (χ4n) is 1.93. The Morgan fingerprint density at radius 3 is 2.64 bits per heavy atom. The third-order valence-electron chi connectivity index (χ3n) is 3.56. The number of rotatable bonds is 7. The lowest BCUT2D eigenvalue weighted by Crippen LogP contribution is -2.48. The molecule has 0 saturated heterocycles. The van der Waals surface area contributed by atoms with E-state index in [0.717, 1.165) is 12.5 Å². The highest BCUT2D eigenvalue weighted by Crippen LogP contribution is 2.17. The Balaban J connectivity index is 2.44. The van der Waals surface area contributed by atoms with Gasteiger partial charge < -0.3 is 16.0 Å². The molecule has 1 heterocycles. The Bertz CT molecular complexity index is 482. The summed E-state index contributed by atoms with van der Waals surface area (Å²) in [6.45, 7) is 9.93. The van der Waals surface area contributed by atoms with Gasteiger partial charge in [0.05, 0.1) is 5.41 Å². The molecule has 124 valence electrons. The largest absolute Gasteiger partial charge is 0.356 e. The average Bonchev–Trinajstić information content (AvgIpc) is 3.01. The van der Waals surface area contributed by atoms with Crippen LogP contribution in [0.2, 0.25) is 0 Å². The van der Waals surface area contributed by atoms with Crippen molar-refractivity contribution < 1.29 is 4.79 Å². The van der Waals surface area contributed by atoms with Crippen LogP contribution in [0.4, 0.5) is 0 Å². The Morgan fingerprint density at radius 2 is 2.09 bits per heavy atom. The van der Waals surface area contributed by atoms with Crippen LogP contribution < -0.4 is 16.0 Å². The zero-order valence-electron chi connectivity index (χ0n) is 14.2. The number of guanidine groups is 1. The molecule has 0 aromatic carbocycles. The van der Waals surface area contributed by atoms with Crippen molar-refractivity contribution in [1.82, 2.24) is 16.0 Å². The Kier molecular flexibility index (Phi) is 7.38. The third kappa shape index (κ3) is 5.67. The van der Waals surface area contributed by atoms with Crippen LogP contribution in [0.1, 0.15) is 39.2 Å². The van der Waals surface area contributed by atoms with E-state index in [1.165, 1.54) is 5.56 Å². The van der Waals surface area contributed by atoms with Crippen molar-refractivity contribution in [3.05, 3.63) is 22.4 Å². The van der Waals surface area contributed by atoms with Crippen molar-refractivity contribution in [2.75, 3.05) is 26.7 Å². The molecule has 0 fully saturated rings. The van der Waals surface area contributed by atoms with E-state index in [1.807, 2.05) is 20.8 Å². The molecule has 1 amide bonds. The zero-order valence-corrected chi connectivity index (χ0v) is 15.0. The second-order valence-electron chi connectivity index (χ2n) is 6.01. The summed E-state index contributed by atoms with van der Waals surface area (Å²) >= 11 is 1.71. The highest BCUT2D eigenvalue weighted by molar-refractivity contribution is 7.07. The minimum absolute atomic E-state index is 0.0459. The lowest BCUT2D eigenvalue weighted by Gasteiger charge is -2.25. The van der Waals surface area contributed by atoms with Crippen molar-refractivity contribution in [1.29, 1.82) is 0 Å². The van der Waals surface area contributed by atoms with Crippen LogP contribution in [0, 0.1) is 5.41 Å². The van der Waals surface area contributed by atoms with E-state index >= 15 is 0 Å². The van der Waals surface area contributed by atoms with Gasteiger partial charge in [-0.1, -0.05) is 6.92 Å². The minimum Gasteiger partial charge on any atom is -0.356 e. The standard InChI is InChI=1S/C16H28N4OS/c1-6-18-14(21)16(3,4)11-20-15(17-5)19-9-12(2)13-7-8-22-10-13/h7-8,10,12H,6,9,11H2,1-5H3,(H,18,21)(H2,17,19,20). The van der Waals surface area contributed by atoms with E-state index in [0.29, 0.717) is 19.0 Å². The van der Waals surface area contributed by atoms with Gasteiger partial charge in [-0.05, 0) is 49.1 Å². The van der Waals surface area contributed by atoms with E-state index < -0.39 is 5.41 Å². The summed E-state index contributed by atoms with van der Waals surface area (Å²) in [6.07, 6.45) is 0. The quantitative estimate of drug-likeness (QED) is 0.532. The van der Waals surface area contributed by atoms with Crippen LogP contribution in [0.5, 0.6) is 0 Å². The molecule has 1 unspecified atom stereocenters. The maximum Gasteiger partial charge on any atom is 0.227 e. The number of amides is 1. The molecular weight excluding hydrogens is 296 g/mol. The molecule has 5 nitrogen and oxygen atoms in total. The summed E-state index contributed by atoms with van der Waals surface area (Å²) in [5.74, 6) is 1.19. The molecule has 1 aromatic rings. The molecule has 1 aromatic heterocycles. The van der Waals surface area contributed by atoms with Crippen LogP contribution >= 0.6 is 11.3 Å². The van der Waals surface area contributed by atoms with Gasteiger partial charge in [0.2, 0.25) is 5.91 Å². The monoisotopic (exact) mass is 324 g/mol. The van der Waals surface area contributed by atoms with Gasteiger partial charge in [0.1, 0.15) is 0 Å². The lowest BCUT2D eigenvalue weighted by molar-refractivity contribution is -0.128. The van der Waals surface area contributed by atoms with E-state index in [2.05, 4.69) is 44.7 Å². The maximum atomic E-state index is 12.0. The highest BCUT2D eigenvalue weighted by Gasteiger charge is 2.27. The van der Waals surface area contributed by atoms with Gasteiger partial charge in [-0.15, -0.1) is 0 Å². The first-order valence-corrected chi connectivity index (χ1v) is 8.60. The molecule has 3 N–H and O–H groups in total. The molecule has 0 aliphatic rings. The highest BCUT2D eigenvalue weighted by atomic mass is 32.1. The normalized spacial score (nSPS) is 13.6. The molecule has 1 rings (SSSR count). The fraction of sp³-hybridized carbons (Fsp3) is 0.625. The van der Waals surface area contributed by atoms with Crippen molar-refractivity contribution in [3.63, 3.8) is 0 Å². The smallest absolute Gasteiger partial charge is 0.227 e. The summed E-state index contributed by atoms with van der Waals surface area (Å²) in [5.41, 5.74) is 0.850. The van der Waals surface area contributed by atoms with Crippen LogP contribution in [0.3, 0.4) is 0 Å². The number of nitrogens with one attached hydrogen (secondary N) is 3. The first-order chi connectivity index (χ1) is 10.4.